The third-order valence-electron chi connectivity index (χ3n) is 2.63. The molecule has 0 saturated heterocycles. The Morgan fingerprint density at radius 1 is 1.30 bits per heavy atom. The Morgan fingerprint density at radius 2 is 2.00 bits per heavy atom. The van der Waals surface area contributed by atoms with Gasteiger partial charge in [0.25, 0.3) is 0 Å². The lowest BCUT2D eigenvalue weighted by molar-refractivity contribution is -0.147. The molecule has 20 heavy (non-hydrogen) atoms. The molecule has 0 bridgehead atoms. The fraction of sp³-hybridized carbons (Fsp3) is 0.154. The zero-order valence-corrected chi connectivity index (χ0v) is 11.6. The number of hydrogen-bond acceptors (Lipinski definition) is 5. The second-order valence-corrected chi connectivity index (χ2v) is 5.13. The van der Waals surface area contributed by atoms with Gasteiger partial charge in [-0.15, -0.1) is 11.3 Å². The number of carboxylic acids is 1. The van der Waals surface area contributed by atoms with E-state index in [0.29, 0.717) is 11.3 Å². The summed E-state index contributed by atoms with van der Waals surface area (Å²) in [7, 11) is 0. The van der Waals surface area contributed by atoms with E-state index in [2.05, 4.69) is 10.3 Å². The third-order valence-corrected chi connectivity index (χ3v) is 3.39. The highest BCUT2D eigenvalue weighted by Crippen LogP contribution is 2.35. The summed E-state index contributed by atoms with van der Waals surface area (Å²) in [5.41, 5.74) is 2.84. The van der Waals surface area contributed by atoms with E-state index in [1.165, 1.54) is 0 Å². The Bertz CT molecular complexity index is 670. The molecule has 1 amide bonds. The summed E-state index contributed by atoms with van der Waals surface area (Å²) in [6.07, 6.45) is 0. The van der Waals surface area contributed by atoms with Crippen molar-refractivity contribution in [3.63, 3.8) is 0 Å². The number of hydrogen-bond donors (Lipinski definition) is 3. The zero-order valence-electron chi connectivity index (χ0n) is 10.8. The highest BCUT2D eigenvalue weighted by molar-refractivity contribution is 7.14. The summed E-state index contributed by atoms with van der Waals surface area (Å²) in [6, 6.07) is 3.53. The van der Waals surface area contributed by atoms with Crippen molar-refractivity contribution < 1.29 is 19.8 Å². The van der Waals surface area contributed by atoms with Crippen LogP contribution < -0.4 is 5.32 Å². The van der Waals surface area contributed by atoms with Gasteiger partial charge in [-0.25, -0.2) is 9.78 Å². The van der Waals surface area contributed by atoms with Crippen LogP contribution in [0.25, 0.3) is 11.3 Å². The first-order valence-electron chi connectivity index (χ1n) is 5.69. The van der Waals surface area contributed by atoms with Gasteiger partial charge < -0.3 is 10.2 Å². The number of phenols is 1. The molecule has 0 unspecified atom stereocenters. The molecule has 1 heterocycles. The first-order chi connectivity index (χ1) is 9.38. The van der Waals surface area contributed by atoms with Crippen molar-refractivity contribution in [2.24, 2.45) is 0 Å². The number of benzene rings is 1. The second-order valence-electron chi connectivity index (χ2n) is 4.27. The van der Waals surface area contributed by atoms with Gasteiger partial charge in [0.15, 0.2) is 5.13 Å². The summed E-state index contributed by atoms with van der Waals surface area (Å²) < 4.78 is 0. The molecule has 104 valence electrons. The van der Waals surface area contributed by atoms with Gasteiger partial charge in [0.1, 0.15) is 5.75 Å². The van der Waals surface area contributed by atoms with Gasteiger partial charge in [-0.1, -0.05) is 6.07 Å². The van der Waals surface area contributed by atoms with Crippen LogP contribution >= 0.6 is 11.3 Å². The highest BCUT2D eigenvalue weighted by Gasteiger charge is 2.16. The van der Waals surface area contributed by atoms with Crippen molar-refractivity contribution in [1.29, 1.82) is 0 Å². The van der Waals surface area contributed by atoms with E-state index in [1.807, 2.05) is 19.9 Å². The standard InChI is InChI=1S/C13H12N2O4S/c1-6-3-7(2)10(9(16)4-6)8-5-20-13(14-8)15-11(17)12(18)19/h3-5,16H,1-2H3,(H,18,19)(H,14,15,17). The molecule has 3 N–H and O–H groups in total. The number of nitrogens with one attached hydrogen (secondary N) is 1. The Hall–Kier alpha value is -2.41. The minimum absolute atomic E-state index is 0.101. The lowest BCUT2D eigenvalue weighted by atomic mass is 10.0. The van der Waals surface area contributed by atoms with Gasteiger partial charge in [-0.3, -0.25) is 10.1 Å². The van der Waals surface area contributed by atoms with Crippen LogP contribution in [0.4, 0.5) is 5.13 Å². The van der Waals surface area contributed by atoms with E-state index < -0.39 is 11.9 Å². The zero-order chi connectivity index (χ0) is 14.9. The average Bonchev–Trinajstić information content (AvgIpc) is 2.75. The van der Waals surface area contributed by atoms with Crippen molar-refractivity contribution >= 4 is 28.3 Å². The maximum Gasteiger partial charge on any atom is 0.394 e. The normalized spacial score (nSPS) is 10.3. The van der Waals surface area contributed by atoms with Gasteiger partial charge in [-0.05, 0) is 31.0 Å². The molecule has 0 atom stereocenters. The maximum absolute atomic E-state index is 11.0. The Morgan fingerprint density at radius 3 is 2.60 bits per heavy atom. The fourth-order valence-electron chi connectivity index (χ4n) is 1.87. The van der Waals surface area contributed by atoms with Crippen LogP contribution in [0.1, 0.15) is 11.1 Å². The van der Waals surface area contributed by atoms with Crippen LogP contribution in [-0.2, 0) is 9.59 Å². The van der Waals surface area contributed by atoms with E-state index in [-0.39, 0.29) is 10.9 Å². The lowest BCUT2D eigenvalue weighted by Crippen LogP contribution is -2.21. The number of aryl methyl sites for hydroxylation is 2. The molecule has 0 radical (unpaired) electrons. The van der Waals surface area contributed by atoms with Crippen molar-refractivity contribution in [3.8, 4) is 17.0 Å². The lowest BCUT2D eigenvalue weighted by Gasteiger charge is -2.07. The second kappa shape index (κ2) is 5.30. The molecule has 1 aromatic carbocycles. The Labute approximate surface area is 118 Å². The quantitative estimate of drug-likeness (QED) is 0.736. The predicted octanol–water partition coefficient (Wildman–Crippen LogP) is 2.16. The van der Waals surface area contributed by atoms with Crippen LogP contribution in [0.15, 0.2) is 17.5 Å². The van der Waals surface area contributed by atoms with Crippen molar-refractivity contribution in [2.75, 3.05) is 5.32 Å². The number of phenolic OH excluding ortho intramolecular Hbond substituents is 1. The molecule has 0 aliphatic heterocycles. The number of amides is 1. The number of aromatic nitrogens is 1. The number of nitrogens with zero attached hydrogens (tertiary/aromatic N) is 1. The van der Waals surface area contributed by atoms with Gasteiger partial charge in [0, 0.05) is 10.9 Å². The first-order valence-corrected chi connectivity index (χ1v) is 6.57. The number of carbonyl (C=O) groups is 2. The van der Waals surface area contributed by atoms with E-state index in [0.717, 1.165) is 22.5 Å². The highest BCUT2D eigenvalue weighted by atomic mass is 32.1. The molecule has 2 aromatic rings. The molecule has 0 aliphatic carbocycles. The van der Waals surface area contributed by atoms with Crippen molar-refractivity contribution in [1.82, 2.24) is 4.98 Å². The van der Waals surface area contributed by atoms with Crippen molar-refractivity contribution in [2.45, 2.75) is 13.8 Å². The number of carboxylic acid groups (broad SMARTS) is 1. The SMILES string of the molecule is Cc1cc(C)c(-c2csc(NC(=O)C(=O)O)n2)c(O)c1. The molecule has 7 heteroatoms. The topological polar surface area (TPSA) is 99.5 Å². The fourth-order valence-corrected chi connectivity index (χ4v) is 2.57. The molecule has 0 aliphatic rings. The molecule has 2 rings (SSSR count). The molecule has 0 saturated carbocycles. The van der Waals surface area contributed by atoms with Gasteiger partial charge in [0.2, 0.25) is 0 Å². The first kappa shape index (κ1) is 14.0. The summed E-state index contributed by atoms with van der Waals surface area (Å²) in [5, 5.41) is 22.5. The summed E-state index contributed by atoms with van der Waals surface area (Å²) >= 11 is 1.09. The Kier molecular flexibility index (Phi) is 3.71. The molecular weight excluding hydrogens is 280 g/mol. The van der Waals surface area contributed by atoms with Gasteiger partial charge in [-0.2, -0.15) is 0 Å². The Balaban J connectivity index is 2.34. The van der Waals surface area contributed by atoms with Crippen LogP contribution in [0.2, 0.25) is 0 Å². The molecular formula is C13H12N2O4S. The third kappa shape index (κ3) is 2.77. The maximum atomic E-state index is 11.0. The van der Waals surface area contributed by atoms with E-state index in [1.54, 1.807) is 11.4 Å². The minimum atomic E-state index is -1.57. The van der Waals surface area contributed by atoms with Crippen LogP contribution in [0.3, 0.4) is 0 Å². The van der Waals surface area contributed by atoms with Gasteiger partial charge >= 0.3 is 11.9 Å². The molecule has 6 nitrogen and oxygen atoms in total. The number of rotatable bonds is 2. The summed E-state index contributed by atoms with van der Waals surface area (Å²) in [6.45, 7) is 3.72. The average molecular weight is 292 g/mol. The molecule has 0 spiro atoms. The molecule has 0 fully saturated rings. The van der Waals surface area contributed by atoms with Crippen LogP contribution in [0, 0.1) is 13.8 Å². The number of thiazole rings is 1. The van der Waals surface area contributed by atoms with Crippen LogP contribution in [-0.4, -0.2) is 27.1 Å². The summed E-state index contributed by atoms with van der Waals surface area (Å²) in [4.78, 5) is 25.6. The van der Waals surface area contributed by atoms with E-state index >= 15 is 0 Å². The predicted molar refractivity (Wildman–Crippen MR) is 75.0 cm³/mol. The number of carbonyl (C=O) groups excluding carboxylic acids is 1. The van der Waals surface area contributed by atoms with Crippen molar-refractivity contribution in [3.05, 3.63) is 28.6 Å². The van der Waals surface area contributed by atoms with E-state index in [4.69, 9.17) is 5.11 Å². The number of aromatic hydroxyl groups is 1. The number of aliphatic carboxylic acids is 1. The van der Waals surface area contributed by atoms with Gasteiger partial charge in [0.05, 0.1) is 5.69 Å². The van der Waals surface area contributed by atoms with Crippen LogP contribution in [0.5, 0.6) is 5.75 Å². The van der Waals surface area contributed by atoms with E-state index in [9.17, 15) is 14.7 Å². The molecule has 1 aromatic heterocycles. The smallest absolute Gasteiger partial charge is 0.394 e. The summed E-state index contributed by atoms with van der Waals surface area (Å²) in [5.74, 6) is -2.62. The minimum Gasteiger partial charge on any atom is -0.507 e. The monoisotopic (exact) mass is 292 g/mol. The number of anilines is 1. The largest absolute Gasteiger partial charge is 0.507 e.